The van der Waals surface area contributed by atoms with Gasteiger partial charge in [0, 0.05) is 11.6 Å². The lowest BCUT2D eigenvalue weighted by Crippen LogP contribution is -2.06. The molecule has 1 aromatic heterocycles. The van der Waals surface area contributed by atoms with Crippen LogP contribution in [0, 0.1) is 0 Å². The van der Waals surface area contributed by atoms with Crippen LogP contribution in [0.4, 0.5) is 0 Å². The third kappa shape index (κ3) is 4.53. The van der Waals surface area contributed by atoms with Gasteiger partial charge in [-0.1, -0.05) is 47.6 Å². The zero-order valence-corrected chi connectivity index (χ0v) is 17.6. The number of aromatic hydroxyl groups is 3. The first-order chi connectivity index (χ1) is 14.7. The number of allylic oxidation sites excluding steroid dienone is 4. The van der Waals surface area contributed by atoms with Gasteiger partial charge in [0.2, 0.25) is 11.2 Å². The normalized spacial score (nSPS) is 11.5. The SMILES string of the molecule is CC(C)=CCC/C(C)=C/C(=O)c1c(O)cc2oc(-c3ccccc3)c(O)c(=O)c2c1O. The van der Waals surface area contributed by atoms with E-state index in [0.29, 0.717) is 12.0 Å². The summed E-state index contributed by atoms with van der Waals surface area (Å²) in [5.74, 6) is -2.66. The van der Waals surface area contributed by atoms with Gasteiger partial charge in [0.05, 0.1) is 0 Å². The second-order valence-corrected chi connectivity index (χ2v) is 7.64. The van der Waals surface area contributed by atoms with Crippen LogP contribution in [0.15, 0.2) is 68.9 Å². The topological polar surface area (TPSA) is 108 Å². The van der Waals surface area contributed by atoms with Gasteiger partial charge in [0.1, 0.15) is 28.0 Å². The molecule has 0 unspecified atom stereocenters. The molecule has 0 aliphatic carbocycles. The lowest BCUT2D eigenvalue weighted by molar-refractivity contribution is 0.104. The van der Waals surface area contributed by atoms with E-state index in [0.717, 1.165) is 18.1 Å². The van der Waals surface area contributed by atoms with E-state index in [1.54, 1.807) is 37.3 Å². The minimum Gasteiger partial charge on any atom is -0.507 e. The minimum atomic E-state index is -0.893. The number of carbonyl (C=O) groups excluding carboxylic acids is 1. The second-order valence-electron chi connectivity index (χ2n) is 7.64. The monoisotopic (exact) mass is 420 g/mol. The number of ketones is 1. The Balaban J connectivity index is 2.09. The van der Waals surface area contributed by atoms with Gasteiger partial charge in [-0.3, -0.25) is 9.59 Å². The number of carbonyl (C=O) groups is 1. The molecule has 0 spiro atoms. The molecular weight excluding hydrogens is 396 g/mol. The van der Waals surface area contributed by atoms with Gasteiger partial charge in [-0.2, -0.15) is 0 Å². The van der Waals surface area contributed by atoms with Crippen molar-refractivity contribution in [2.45, 2.75) is 33.6 Å². The van der Waals surface area contributed by atoms with E-state index >= 15 is 0 Å². The molecule has 0 amide bonds. The number of phenols is 2. The van der Waals surface area contributed by atoms with Gasteiger partial charge < -0.3 is 19.7 Å². The van der Waals surface area contributed by atoms with E-state index in [1.807, 2.05) is 19.9 Å². The Morgan fingerprint density at radius 1 is 1.03 bits per heavy atom. The minimum absolute atomic E-state index is 0.0917. The highest BCUT2D eigenvalue weighted by atomic mass is 16.4. The molecule has 3 aromatic rings. The van der Waals surface area contributed by atoms with E-state index in [-0.39, 0.29) is 16.7 Å². The summed E-state index contributed by atoms with van der Waals surface area (Å²) in [6.45, 7) is 5.75. The molecule has 0 fully saturated rings. The van der Waals surface area contributed by atoms with Crippen LogP contribution >= 0.6 is 0 Å². The Kier molecular flexibility index (Phi) is 6.30. The average molecular weight is 420 g/mol. The molecule has 0 saturated carbocycles. The van der Waals surface area contributed by atoms with Crippen molar-refractivity contribution in [1.82, 2.24) is 0 Å². The van der Waals surface area contributed by atoms with E-state index in [1.165, 1.54) is 11.6 Å². The predicted octanol–water partition coefficient (Wildman–Crippen LogP) is 5.45. The summed E-state index contributed by atoms with van der Waals surface area (Å²) in [5, 5.41) is 31.0. The van der Waals surface area contributed by atoms with Crippen LogP contribution < -0.4 is 5.43 Å². The van der Waals surface area contributed by atoms with Crippen molar-refractivity contribution in [2.24, 2.45) is 0 Å². The Morgan fingerprint density at radius 2 is 1.71 bits per heavy atom. The van der Waals surface area contributed by atoms with Crippen molar-refractivity contribution in [3.05, 3.63) is 75.5 Å². The zero-order valence-electron chi connectivity index (χ0n) is 17.6. The Hall–Kier alpha value is -3.80. The summed E-state index contributed by atoms with van der Waals surface area (Å²) in [4.78, 5) is 25.5. The Morgan fingerprint density at radius 3 is 2.35 bits per heavy atom. The molecule has 0 bridgehead atoms. The van der Waals surface area contributed by atoms with E-state index in [4.69, 9.17) is 4.42 Å². The van der Waals surface area contributed by atoms with Gasteiger partial charge in [-0.15, -0.1) is 0 Å². The van der Waals surface area contributed by atoms with Crippen molar-refractivity contribution in [2.75, 3.05) is 0 Å². The Bertz CT molecular complexity index is 1260. The number of rotatable bonds is 6. The van der Waals surface area contributed by atoms with Crippen LogP contribution in [0.25, 0.3) is 22.3 Å². The van der Waals surface area contributed by atoms with Crippen molar-refractivity contribution >= 4 is 16.8 Å². The lowest BCUT2D eigenvalue weighted by atomic mass is 10.0. The fourth-order valence-electron chi connectivity index (χ4n) is 3.30. The fraction of sp³-hybridized carbons (Fsp3) is 0.200. The lowest BCUT2D eigenvalue weighted by Gasteiger charge is -2.11. The molecule has 160 valence electrons. The first kappa shape index (κ1) is 21.9. The standard InChI is InChI=1S/C25H24O6/c1-14(2)8-7-9-15(3)12-17(26)20-18(27)13-19-21(22(20)28)23(29)24(30)25(31-19)16-10-5-4-6-11-16/h4-6,8,10-13,27-28,30H,7,9H2,1-3H3/b15-12+. The molecule has 0 atom stereocenters. The molecule has 6 nitrogen and oxygen atoms in total. The summed E-state index contributed by atoms with van der Waals surface area (Å²) in [5.41, 5.74) is 0.940. The van der Waals surface area contributed by atoms with Crippen molar-refractivity contribution < 1.29 is 24.5 Å². The average Bonchev–Trinajstić information content (AvgIpc) is 2.70. The molecule has 31 heavy (non-hydrogen) atoms. The largest absolute Gasteiger partial charge is 0.507 e. The van der Waals surface area contributed by atoms with Gasteiger partial charge in [0.15, 0.2) is 11.5 Å². The zero-order chi connectivity index (χ0) is 22.7. The van der Waals surface area contributed by atoms with E-state index < -0.39 is 34.0 Å². The summed E-state index contributed by atoms with van der Waals surface area (Å²) < 4.78 is 5.61. The highest BCUT2D eigenvalue weighted by Crippen LogP contribution is 2.38. The maximum absolute atomic E-state index is 12.8. The molecule has 2 aromatic carbocycles. The van der Waals surface area contributed by atoms with Crippen molar-refractivity contribution in [3.63, 3.8) is 0 Å². The third-order valence-corrected chi connectivity index (χ3v) is 4.86. The number of hydrogen-bond acceptors (Lipinski definition) is 6. The summed E-state index contributed by atoms with van der Waals surface area (Å²) in [6.07, 6.45) is 4.76. The predicted molar refractivity (Wildman–Crippen MR) is 120 cm³/mol. The van der Waals surface area contributed by atoms with Gasteiger partial charge >= 0.3 is 0 Å². The maximum atomic E-state index is 12.8. The van der Waals surface area contributed by atoms with Crippen molar-refractivity contribution in [3.8, 4) is 28.6 Å². The van der Waals surface area contributed by atoms with Crippen molar-refractivity contribution in [1.29, 1.82) is 0 Å². The van der Waals surface area contributed by atoms with E-state index in [9.17, 15) is 24.9 Å². The smallest absolute Gasteiger partial charge is 0.238 e. The molecule has 3 N–H and O–H groups in total. The van der Waals surface area contributed by atoms with Crippen LogP contribution in [0.3, 0.4) is 0 Å². The Labute approximate surface area is 179 Å². The number of phenolic OH excluding ortho intramolecular Hbond substituents is 2. The molecule has 1 heterocycles. The van der Waals surface area contributed by atoms with Gasteiger partial charge in [0.25, 0.3) is 0 Å². The molecule has 0 aliphatic heterocycles. The first-order valence-electron chi connectivity index (χ1n) is 9.85. The molecule has 0 radical (unpaired) electrons. The highest BCUT2D eigenvalue weighted by molar-refractivity contribution is 6.12. The molecule has 0 aliphatic rings. The fourth-order valence-corrected chi connectivity index (χ4v) is 3.30. The highest BCUT2D eigenvalue weighted by Gasteiger charge is 2.24. The van der Waals surface area contributed by atoms with Crippen LogP contribution in [0.5, 0.6) is 17.2 Å². The van der Waals surface area contributed by atoms with E-state index in [2.05, 4.69) is 0 Å². The van der Waals surface area contributed by atoms with Gasteiger partial charge in [-0.25, -0.2) is 0 Å². The van der Waals surface area contributed by atoms with Crippen LogP contribution in [-0.4, -0.2) is 21.1 Å². The molecule has 3 rings (SSSR count). The molecule has 6 heteroatoms. The van der Waals surface area contributed by atoms with Crippen LogP contribution in [0.2, 0.25) is 0 Å². The molecule has 0 saturated heterocycles. The van der Waals surface area contributed by atoms with Crippen LogP contribution in [0.1, 0.15) is 44.0 Å². The summed E-state index contributed by atoms with van der Waals surface area (Å²) in [6, 6.07) is 9.57. The second kappa shape index (κ2) is 8.92. The quantitative estimate of drug-likeness (QED) is 0.278. The number of fused-ring (bicyclic) bond motifs is 1. The first-order valence-corrected chi connectivity index (χ1v) is 9.85. The van der Waals surface area contributed by atoms with Gasteiger partial charge in [-0.05, 0) is 39.7 Å². The maximum Gasteiger partial charge on any atom is 0.238 e. The van der Waals surface area contributed by atoms with Crippen LogP contribution in [-0.2, 0) is 0 Å². The number of benzene rings is 2. The molecular formula is C25H24O6. The summed E-state index contributed by atoms with van der Waals surface area (Å²) in [7, 11) is 0. The summed E-state index contributed by atoms with van der Waals surface area (Å²) >= 11 is 0. The third-order valence-electron chi connectivity index (χ3n) is 4.86. The number of hydrogen-bond donors (Lipinski definition) is 3.